The smallest absolute Gasteiger partial charge is 0.275 e. The molecule has 0 aromatic heterocycles. The van der Waals surface area contributed by atoms with Gasteiger partial charge in [0.2, 0.25) is 0 Å². The zero-order valence-electron chi connectivity index (χ0n) is 20.7. The number of nitrogens with one attached hydrogen (secondary N) is 1. The minimum absolute atomic E-state index is 0.0398. The molecule has 0 spiro atoms. The molecule has 0 saturated carbocycles. The largest absolute Gasteiger partial charge is 0.507 e. The number of hydrogen-bond donors (Lipinski definition) is 2. The van der Waals surface area contributed by atoms with E-state index in [2.05, 4.69) is 24.4 Å². The third-order valence-electron chi connectivity index (χ3n) is 6.51. The van der Waals surface area contributed by atoms with Crippen molar-refractivity contribution in [2.75, 3.05) is 13.7 Å². The number of piperidine rings is 1. The summed E-state index contributed by atoms with van der Waals surface area (Å²) in [5.41, 5.74) is 3.23. The van der Waals surface area contributed by atoms with E-state index in [-0.39, 0.29) is 35.9 Å². The lowest BCUT2D eigenvalue weighted by Gasteiger charge is -2.39. The van der Waals surface area contributed by atoms with Crippen molar-refractivity contribution in [3.63, 3.8) is 0 Å². The first kappa shape index (κ1) is 25.0. The van der Waals surface area contributed by atoms with E-state index < -0.39 is 5.91 Å². The molecule has 8 nitrogen and oxygen atoms in total. The van der Waals surface area contributed by atoms with Gasteiger partial charge in [-0.25, -0.2) is 5.43 Å². The molecule has 1 fully saturated rings. The Morgan fingerprint density at radius 1 is 1.06 bits per heavy atom. The number of methoxy groups -OCH3 is 1. The molecule has 0 radical (unpaired) electrons. The van der Waals surface area contributed by atoms with Crippen molar-refractivity contribution in [3.8, 4) is 17.2 Å². The number of phenols is 1. The van der Waals surface area contributed by atoms with Gasteiger partial charge in [0, 0.05) is 12.1 Å². The molecule has 3 aromatic rings. The molecule has 0 bridgehead atoms. The van der Waals surface area contributed by atoms with E-state index in [0.29, 0.717) is 17.1 Å². The van der Waals surface area contributed by atoms with Crippen LogP contribution in [0.4, 0.5) is 0 Å². The quantitative estimate of drug-likeness (QED) is 0.376. The second kappa shape index (κ2) is 11.1. The van der Waals surface area contributed by atoms with Gasteiger partial charge in [-0.05, 0) is 79.8 Å². The van der Waals surface area contributed by atoms with E-state index in [0.717, 1.165) is 30.0 Å². The Bertz CT molecular complexity index is 1280. The average molecular weight is 490 g/mol. The van der Waals surface area contributed by atoms with Gasteiger partial charge in [0.15, 0.2) is 18.1 Å². The topological polar surface area (TPSA) is 100 Å². The third-order valence-corrected chi connectivity index (χ3v) is 6.51. The van der Waals surface area contributed by atoms with Crippen LogP contribution < -0.4 is 14.9 Å². The van der Waals surface area contributed by atoms with Crippen molar-refractivity contribution in [1.82, 2.24) is 10.3 Å². The average Bonchev–Trinajstić information content (AvgIpc) is 2.87. The van der Waals surface area contributed by atoms with Gasteiger partial charge in [-0.3, -0.25) is 9.59 Å². The normalized spacial score (nSPS) is 17.8. The number of nitrogens with zero attached hydrogens (tertiary/aromatic N) is 2. The first-order chi connectivity index (χ1) is 17.4. The van der Waals surface area contributed by atoms with Crippen LogP contribution in [-0.2, 0) is 4.79 Å². The number of carbonyl (C=O) groups excluding carboxylic acids is 2. The summed E-state index contributed by atoms with van der Waals surface area (Å²) < 4.78 is 11.2. The number of ether oxygens (including phenoxy) is 2. The summed E-state index contributed by atoms with van der Waals surface area (Å²) in [7, 11) is 1.52. The molecular weight excluding hydrogens is 458 g/mol. The van der Waals surface area contributed by atoms with Gasteiger partial charge in [0.25, 0.3) is 11.8 Å². The Labute approximate surface area is 210 Å². The van der Waals surface area contributed by atoms with Gasteiger partial charge in [-0.2, -0.15) is 5.10 Å². The lowest BCUT2D eigenvalue weighted by atomic mass is 9.97. The van der Waals surface area contributed by atoms with E-state index in [1.165, 1.54) is 13.3 Å². The van der Waals surface area contributed by atoms with Crippen molar-refractivity contribution in [3.05, 3.63) is 65.7 Å². The number of rotatable bonds is 7. The van der Waals surface area contributed by atoms with Crippen LogP contribution in [0.2, 0.25) is 0 Å². The number of benzene rings is 3. The van der Waals surface area contributed by atoms with Gasteiger partial charge < -0.3 is 19.5 Å². The van der Waals surface area contributed by atoms with Crippen LogP contribution in [-0.4, -0.2) is 53.8 Å². The molecule has 1 saturated heterocycles. The summed E-state index contributed by atoms with van der Waals surface area (Å²) >= 11 is 0. The predicted octanol–water partition coefficient (Wildman–Crippen LogP) is 4.49. The monoisotopic (exact) mass is 489 g/mol. The van der Waals surface area contributed by atoms with Gasteiger partial charge in [-0.1, -0.05) is 24.3 Å². The van der Waals surface area contributed by atoms with Crippen molar-refractivity contribution in [1.29, 1.82) is 0 Å². The maximum atomic E-state index is 12.8. The van der Waals surface area contributed by atoms with Crippen molar-refractivity contribution >= 4 is 28.8 Å². The molecule has 2 unspecified atom stereocenters. The number of likely N-dealkylation sites (tertiary alicyclic amines) is 1. The fraction of sp³-hybridized carbons (Fsp3) is 0.321. The van der Waals surface area contributed by atoms with Crippen molar-refractivity contribution < 1.29 is 24.2 Å². The number of fused-ring (bicyclic) bond motifs is 1. The van der Waals surface area contributed by atoms with E-state index in [9.17, 15) is 14.7 Å². The van der Waals surface area contributed by atoms with Crippen LogP contribution in [0.15, 0.2) is 59.7 Å². The second-order valence-corrected chi connectivity index (χ2v) is 9.04. The maximum absolute atomic E-state index is 12.8. The zero-order valence-corrected chi connectivity index (χ0v) is 20.7. The highest BCUT2D eigenvalue weighted by atomic mass is 16.5. The van der Waals surface area contributed by atoms with Crippen LogP contribution in [0, 0.1) is 0 Å². The molecule has 36 heavy (non-hydrogen) atoms. The summed E-state index contributed by atoms with van der Waals surface area (Å²) in [5, 5.41) is 15.9. The van der Waals surface area contributed by atoms with Gasteiger partial charge in [0.05, 0.1) is 18.9 Å². The van der Waals surface area contributed by atoms with Crippen LogP contribution in [0.5, 0.6) is 17.2 Å². The molecule has 4 rings (SSSR count). The second-order valence-electron chi connectivity index (χ2n) is 9.04. The highest BCUT2D eigenvalue weighted by Gasteiger charge is 2.29. The highest BCUT2D eigenvalue weighted by molar-refractivity contribution is 6.01. The SMILES string of the molecule is COc1cc(/C=N/NC(=O)c2cc3ccccc3cc2O)ccc1OCC(=O)N1C(C)CCCC1C. The minimum atomic E-state index is -0.527. The molecule has 188 valence electrons. The Balaban J connectivity index is 1.39. The summed E-state index contributed by atoms with van der Waals surface area (Å²) in [6, 6.07) is 16.2. The molecule has 3 aromatic carbocycles. The zero-order chi connectivity index (χ0) is 25.7. The highest BCUT2D eigenvalue weighted by Crippen LogP contribution is 2.29. The van der Waals surface area contributed by atoms with E-state index in [4.69, 9.17) is 9.47 Å². The van der Waals surface area contributed by atoms with Crippen LogP contribution >= 0.6 is 0 Å². The van der Waals surface area contributed by atoms with E-state index in [1.54, 1.807) is 30.3 Å². The van der Waals surface area contributed by atoms with Crippen molar-refractivity contribution in [2.24, 2.45) is 5.10 Å². The summed E-state index contributed by atoms with van der Waals surface area (Å²) in [4.78, 5) is 27.2. The summed E-state index contributed by atoms with van der Waals surface area (Å²) in [6.45, 7) is 4.08. The van der Waals surface area contributed by atoms with E-state index in [1.807, 2.05) is 29.2 Å². The van der Waals surface area contributed by atoms with Gasteiger partial charge in [0.1, 0.15) is 5.75 Å². The lowest BCUT2D eigenvalue weighted by Crippen LogP contribution is -2.49. The first-order valence-electron chi connectivity index (χ1n) is 12.0. The Morgan fingerprint density at radius 3 is 2.44 bits per heavy atom. The van der Waals surface area contributed by atoms with Gasteiger partial charge >= 0.3 is 0 Å². The van der Waals surface area contributed by atoms with Crippen LogP contribution in [0.3, 0.4) is 0 Å². The molecule has 8 heteroatoms. The molecule has 1 aliphatic rings. The third kappa shape index (κ3) is 5.59. The molecule has 2 amide bonds. The first-order valence-corrected chi connectivity index (χ1v) is 12.0. The van der Waals surface area contributed by atoms with E-state index >= 15 is 0 Å². The number of aromatic hydroxyl groups is 1. The molecule has 1 aliphatic heterocycles. The molecule has 1 heterocycles. The number of phenolic OH excluding ortho intramolecular Hbond substituents is 1. The van der Waals surface area contributed by atoms with Crippen LogP contribution in [0.1, 0.15) is 49.0 Å². The molecular formula is C28H31N3O5. The number of hydrogen-bond acceptors (Lipinski definition) is 6. The summed E-state index contributed by atoms with van der Waals surface area (Å²) in [5.74, 6) is 0.214. The van der Waals surface area contributed by atoms with Crippen LogP contribution in [0.25, 0.3) is 10.8 Å². The maximum Gasteiger partial charge on any atom is 0.275 e. The summed E-state index contributed by atoms with van der Waals surface area (Å²) in [6.07, 6.45) is 4.60. The molecule has 2 N–H and O–H groups in total. The molecule has 2 atom stereocenters. The molecule has 0 aliphatic carbocycles. The Kier molecular flexibility index (Phi) is 7.73. The minimum Gasteiger partial charge on any atom is -0.507 e. The van der Waals surface area contributed by atoms with Crippen molar-refractivity contribution in [2.45, 2.75) is 45.2 Å². The number of carbonyl (C=O) groups is 2. The number of hydrazone groups is 1. The lowest BCUT2D eigenvalue weighted by molar-refractivity contribution is -0.139. The fourth-order valence-corrected chi connectivity index (χ4v) is 4.65. The predicted molar refractivity (Wildman–Crippen MR) is 139 cm³/mol. The number of amides is 2. The standard InChI is InChI=1S/C28H31N3O5/c1-18-7-6-8-19(2)31(18)27(33)17-36-25-12-11-20(13-26(25)35-3)16-29-30-28(34)23-14-21-9-4-5-10-22(21)15-24(23)32/h4-5,9-16,18-19,32H,6-8,17H2,1-3H3,(H,30,34)/b29-16+. The Hall–Kier alpha value is -4.07. The Morgan fingerprint density at radius 2 is 1.75 bits per heavy atom. The van der Waals surface area contributed by atoms with Gasteiger partial charge in [-0.15, -0.1) is 0 Å². The fourth-order valence-electron chi connectivity index (χ4n) is 4.65.